The van der Waals surface area contributed by atoms with Crippen molar-refractivity contribution in [1.29, 1.82) is 0 Å². The van der Waals surface area contributed by atoms with Crippen molar-refractivity contribution in [2.24, 2.45) is 0 Å². The second-order valence-corrected chi connectivity index (χ2v) is 6.24. The number of aryl methyl sites for hydroxylation is 2. The summed E-state index contributed by atoms with van der Waals surface area (Å²) in [5, 5.41) is 4.50. The van der Waals surface area contributed by atoms with Gasteiger partial charge in [0.25, 0.3) is 0 Å². The van der Waals surface area contributed by atoms with E-state index in [2.05, 4.69) is 48.9 Å². The number of nitrogens with two attached hydrogens (primary N) is 1. The Morgan fingerprint density at radius 2 is 2.05 bits per heavy atom. The topological polar surface area (TPSA) is 61.7 Å². The third kappa shape index (κ3) is 1.96. The maximum Gasteiger partial charge on any atom is 0.207 e. The summed E-state index contributed by atoms with van der Waals surface area (Å²) in [7, 11) is 0. The monoisotopic (exact) mass is 397 g/mol. The molecule has 0 spiro atoms. The molecule has 0 atom stereocenters. The Morgan fingerprint density at radius 1 is 1.30 bits per heavy atom. The lowest BCUT2D eigenvalue weighted by molar-refractivity contribution is 0.663. The van der Waals surface area contributed by atoms with Gasteiger partial charge >= 0.3 is 0 Å². The van der Waals surface area contributed by atoms with Crippen LogP contribution in [0.25, 0.3) is 16.9 Å². The average Bonchev–Trinajstić information content (AvgIpc) is 2.90. The first-order chi connectivity index (χ1) is 9.52. The molecule has 1 aromatic carbocycles. The molecular formula is C13H13Br2N5. The number of rotatable bonds is 2. The smallest absolute Gasteiger partial charge is 0.207 e. The lowest BCUT2D eigenvalue weighted by Gasteiger charge is -2.10. The van der Waals surface area contributed by atoms with Crippen LogP contribution in [0.3, 0.4) is 0 Å². The quantitative estimate of drug-likeness (QED) is 0.716. The van der Waals surface area contributed by atoms with Crippen LogP contribution in [-0.2, 0) is 6.54 Å². The number of hydrogen-bond acceptors (Lipinski definition) is 3. The molecule has 0 saturated carbocycles. The predicted molar refractivity (Wildman–Crippen MR) is 87.1 cm³/mol. The molecule has 3 aromatic rings. The number of fused-ring (bicyclic) bond motifs is 1. The normalized spacial score (nSPS) is 11.4. The summed E-state index contributed by atoms with van der Waals surface area (Å²) in [6, 6.07) is 5.95. The zero-order chi connectivity index (χ0) is 14.4. The Bertz CT molecular complexity index is 803. The van der Waals surface area contributed by atoms with Gasteiger partial charge in [0.1, 0.15) is 5.52 Å². The zero-order valence-corrected chi connectivity index (χ0v) is 14.2. The molecule has 0 radical (unpaired) electrons. The van der Waals surface area contributed by atoms with Crippen molar-refractivity contribution in [2.45, 2.75) is 20.4 Å². The van der Waals surface area contributed by atoms with Crippen LogP contribution < -0.4 is 5.73 Å². The molecule has 0 unspecified atom stereocenters. The number of benzene rings is 1. The van der Waals surface area contributed by atoms with Crippen LogP contribution in [0.15, 0.2) is 27.1 Å². The van der Waals surface area contributed by atoms with Gasteiger partial charge in [0.15, 0.2) is 5.65 Å². The number of nitrogens with zero attached hydrogens (tertiary/aromatic N) is 4. The van der Waals surface area contributed by atoms with Crippen molar-refractivity contribution in [3.8, 4) is 5.69 Å². The van der Waals surface area contributed by atoms with E-state index in [1.165, 1.54) is 0 Å². The van der Waals surface area contributed by atoms with Crippen LogP contribution >= 0.6 is 31.9 Å². The summed E-state index contributed by atoms with van der Waals surface area (Å²) in [4.78, 5) is 4.45. The SMILES string of the molecule is CCn1nc(C)c2nc(N)n(-c3cc(Br)ccc3Br)c21. The van der Waals surface area contributed by atoms with Crippen LogP contribution in [0.2, 0.25) is 0 Å². The van der Waals surface area contributed by atoms with Crippen molar-refractivity contribution in [1.82, 2.24) is 19.3 Å². The van der Waals surface area contributed by atoms with E-state index in [1.807, 2.05) is 34.4 Å². The van der Waals surface area contributed by atoms with Crippen molar-refractivity contribution in [3.63, 3.8) is 0 Å². The molecule has 2 N–H and O–H groups in total. The van der Waals surface area contributed by atoms with Crippen molar-refractivity contribution in [3.05, 3.63) is 32.8 Å². The van der Waals surface area contributed by atoms with E-state index in [0.717, 1.165) is 38.0 Å². The molecule has 0 aliphatic heterocycles. The van der Waals surface area contributed by atoms with Crippen LogP contribution in [0.1, 0.15) is 12.6 Å². The highest BCUT2D eigenvalue weighted by Gasteiger charge is 2.19. The van der Waals surface area contributed by atoms with Gasteiger partial charge in [-0.05, 0) is 48.0 Å². The van der Waals surface area contributed by atoms with Gasteiger partial charge < -0.3 is 5.73 Å². The standard InChI is InChI=1S/C13H13Br2N5/c1-3-19-12-11(7(2)18-19)17-13(16)20(12)10-6-8(14)4-5-9(10)15/h4-6H,3H2,1-2H3,(H2,16,17). The Balaban J connectivity index is 2.41. The van der Waals surface area contributed by atoms with E-state index in [4.69, 9.17) is 5.73 Å². The zero-order valence-electron chi connectivity index (χ0n) is 11.1. The lowest BCUT2D eigenvalue weighted by Crippen LogP contribution is -2.07. The van der Waals surface area contributed by atoms with E-state index in [1.54, 1.807) is 0 Å². The van der Waals surface area contributed by atoms with Crippen molar-refractivity contribution in [2.75, 3.05) is 5.73 Å². The molecule has 20 heavy (non-hydrogen) atoms. The second-order valence-electron chi connectivity index (χ2n) is 4.47. The predicted octanol–water partition coefficient (Wildman–Crippen LogP) is 3.66. The largest absolute Gasteiger partial charge is 0.369 e. The average molecular weight is 399 g/mol. The third-order valence-electron chi connectivity index (χ3n) is 3.19. The molecule has 0 bridgehead atoms. The van der Waals surface area contributed by atoms with Crippen molar-refractivity contribution >= 4 is 49.0 Å². The Hall–Kier alpha value is -1.34. The summed E-state index contributed by atoms with van der Waals surface area (Å²) in [6.07, 6.45) is 0. The van der Waals surface area contributed by atoms with Gasteiger partial charge in [0, 0.05) is 15.5 Å². The number of halogens is 2. The maximum absolute atomic E-state index is 6.12. The highest BCUT2D eigenvalue weighted by molar-refractivity contribution is 9.11. The summed E-state index contributed by atoms with van der Waals surface area (Å²) in [5.41, 5.74) is 9.70. The highest BCUT2D eigenvalue weighted by Crippen LogP contribution is 2.31. The van der Waals surface area contributed by atoms with E-state index in [0.29, 0.717) is 5.95 Å². The van der Waals surface area contributed by atoms with E-state index >= 15 is 0 Å². The molecule has 0 aliphatic carbocycles. The molecule has 2 aromatic heterocycles. The van der Waals surface area contributed by atoms with Crippen LogP contribution in [0.5, 0.6) is 0 Å². The second kappa shape index (κ2) is 4.89. The molecule has 0 saturated heterocycles. The van der Waals surface area contributed by atoms with Gasteiger partial charge in [-0.3, -0.25) is 4.57 Å². The minimum Gasteiger partial charge on any atom is -0.369 e. The number of imidazole rings is 1. The Morgan fingerprint density at radius 3 is 2.75 bits per heavy atom. The molecule has 0 fully saturated rings. The Kier molecular flexibility index (Phi) is 3.33. The summed E-state index contributed by atoms with van der Waals surface area (Å²) >= 11 is 7.06. The van der Waals surface area contributed by atoms with Crippen LogP contribution in [-0.4, -0.2) is 19.3 Å². The summed E-state index contributed by atoms with van der Waals surface area (Å²) in [5.74, 6) is 0.460. The summed E-state index contributed by atoms with van der Waals surface area (Å²) < 4.78 is 5.78. The minimum atomic E-state index is 0.460. The molecule has 5 nitrogen and oxygen atoms in total. The first-order valence-corrected chi connectivity index (χ1v) is 7.78. The van der Waals surface area contributed by atoms with Gasteiger partial charge in [-0.2, -0.15) is 5.10 Å². The molecule has 0 amide bonds. The summed E-state index contributed by atoms with van der Waals surface area (Å²) in [6.45, 7) is 4.76. The number of nitrogen functional groups attached to an aromatic ring is 1. The van der Waals surface area contributed by atoms with E-state index in [-0.39, 0.29) is 0 Å². The lowest BCUT2D eigenvalue weighted by atomic mass is 10.3. The van der Waals surface area contributed by atoms with Crippen LogP contribution in [0.4, 0.5) is 5.95 Å². The third-order valence-corrected chi connectivity index (χ3v) is 4.35. The first kappa shape index (κ1) is 13.6. The molecule has 7 heteroatoms. The molecule has 2 heterocycles. The van der Waals surface area contributed by atoms with Crippen molar-refractivity contribution < 1.29 is 0 Å². The molecule has 104 valence electrons. The van der Waals surface area contributed by atoms with E-state index < -0.39 is 0 Å². The number of aromatic nitrogens is 4. The van der Waals surface area contributed by atoms with Gasteiger partial charge in [0.05, 0.1) is 11.4 Å². The fraction of sp³-hybridized carbons (Fsp3) is 0.231. The fourth-order valence-electron chi connectivity index (χ4n) is 2.30. The minimum absolute atomic E-state index is 0.460. The first-order valence-electron chi connectivity index (χ1n) is 6.19. The van der Waals surface area contributed by atoms with Crippen LogP contribution in [0, 0.1) is 6.92 Å². The fourth-order valence-corrected chi connectivity index (χ4v) is 3.07. The van der Waals surface area contributed by atoms with Gasteiger partial charge in [0.2, 0.25) is 5.95 Å². The number of hydrogen-bond donors (Lipinski definition) is 1. The van der Waals surface area contributed by atoms with Gasteiger partial charge in [-0.25, -0.2) is 9.67 Å². The van der Waals surface area contributed by atoms with E-state index in [9.17, 15) is 0 Å². The molecular weight excluding hydrogens is 386 g/mol. The molecule has 0 aliphatic rings. The Labute approximate surface area is 133 Å². The number of anilines is 1. The highest BCUT2D eigenvalue weighted by atomic mass is 79.9. The van der Waals surface area contributed by atoms with Gasteiger partial charge in [-0.1, -0.05) is 15.9 Å². The van der Waals surface area contributed by atoms with Gasteiger partial charge in [-0.15, -0.1) is 0 Å². The molecule has 3 rings (SSSR count). The maximum atomic E-state index is 6.12.